The van der Waals surface area contributed by atoms with Crippen LogP contribution < -0.4 is 5.32 Å². The predicted molar refractivity (Wildman–Crippen MR) is 120 cm³/mol. The van der Waals surface area contributed by atoms with Crippen molar-refractivity contribution in [2.75, 3.05) is 5.32 Å². The van der Waals surface area contributed by atoms with Crippen LogP contribution >= 0.6 is 0 Å². The van der Waals surface area contributed by atoms with E-state index < -0.39 is 5.60 Å². The predicted octanol–water partition coefficient (Wildman–Crippen LogP) is 5.17. The van der Waals surface area contributed by atoms with E-state index in [-0.39, 0.29) is 30.1 Å². The molecule has 0 radical (unpaired) electrons. The molecule has 3 aliphatic carbocycles. The first-order chi connectivity index (χ1) is 14.6. The van der Waals surface area contributed by atoms with Crippen LogP contribution in [0.15, 0.2) is 18.2 Å². The Morgan fingerprint density at radius 1 is 1.13 bits per heavy atom. The largest absolute Gasteiger partial charge is 0.460 e. The van der Waals surface area contributed by atoms with Crippen LogP contribution in [0.3, 0.4) is 0 Å². The monoisotopic (exact) mass is 425 g/mol. The van der Waals surface area contributed by atoms with Gasteiger partial charge in [0.1, 0.15) is 11.4 Å². The van der Waals surface area contributed by atoms with Crippen molar-refractivity contribution in [1.29, 1.82) is 0 Å². The molecule has 0 unspecified atom stereocenters. The summed E-state index contributed by atoms with van der Waals surface area (Å²) in [6.45, 7) is 7.66. The van der Waals surface area contributed by atoms with Crippen LogP contribution in [0.4, 0.5) is 5.69 Å². The Kier molecular flexibility index (Phi) is 5.74. The second-order valence-corrected chi connectivity index (χ2v) is 10.9. The van der Waals surface area contributed by atoms with E-state index in [2.05, 4.69) is 24.4 Å². The maximum atomic E-state index is 12.5. The maximum Gasteiger partial charge on any atom is 0.306 e. The Bertz CT molecular complexity index is 899. The number of nitrogens with one attached hydrogen (secondary N) is 1. The van der Waals surface area contributed by atoms with Gasteiger partial charge in [-0.3, -0.25) is 14.4 Å². The summed E-state index contributed by atoms with van der Waals surface area (Å²) in [6, 6.07) is 6.26. The number of hydrogen-bond donors (Lipinski definition) is 1. The van der Waals surface area contributed by atoms with Gasteiger partial charge in [-0.15, -0.1) is 0 Å². The van der Waals surface area contributed by atoms with Gasteiger partial charge in [0.2, 0.25) is 5.91 Å². The first-order valence-corrected chi connectivity index (χ1v) is 11.7. The molecule has 0 saturated heterocycles. The first-order valence-electron chi connectivity index (χ1n) is 11.7. The number of anilines is 1. The van der Waals surface area contributed by atoms with E-state index in [4.69, 9.17) is 4.74 Å². The molecule has 1 N–H and O–H groups in total. The zero-order valence-electron chi connectivity index (χ0n) is 19.3. The van der Waals surface area contributed by atoms with E-state index in [1.165, 1.54) is 11.1 Å². The number of ether oxygens (including phenoxy) is 1. The molecule has 3 aliphatic rings. The Morgan fingerprint density at radius 2 is 1.90 bits per heavy atom. The summed E-state index contributed by atoms with van der Waals surface area (Å²) >= 11 is 0. The zero-order chi connectivity index (χ0) is 22.4. The van der Waals surface area contributed by atoms with Crippen molar-refractivity contribution in [2.45, 2.75) is 90.6 Å². The number of carbonyl (C=O) groups is 3. The van der Waals surface area contributed by atoms with E-state index in [9.17, 15) is 14.4 Å². The van der Waals surface area contributed by atoms with E-state index in [0.717, 1.165) is 44.2 Å². The highest BCUT2D eigenvalue weighted by atomic mass is 16.6. The van der Waals surface area contributed by atoms with E-state index >= 15 is 0 Å². The highest BCUT2D eigenvalue weighted by molar-refractivity contribution is 5.92. The Balaban J connectivity index is 1.39. The lowest BCUT2D eigenvalue weighted by Crippen LogP contribution is -2.42. The molecule has 2 fully saturated rings. The number of amides is 1. The van der Waals surface area contributed by atoms with Gasteiger partial charge in [-0.05, 0) is 93.9 Å². The fraction of sp³-hybridized carbons (Fsp3) is 0.654. The molecule has 0 spiro atoms. The van der Waals surface area contributed by atoms with E-state index in [1.807, 2.05) is 26.8 Å². The van der Waals surface area contributed by atoms with Gasteiger partial charge in [-0.25, -0.2) is 0 Å². The van der Waals surface area contributed by atoms with Crippen molar-refractivity contribution < 1.29 is 19.1 Å². The number of hydrogen-bond acceptors (Lipinski definition) is 4. The molecule has 31 heavy (non-hydrogen) atoms. The minimum Gasteiger partial charge on any atom is -0.460 e. The highest BCUT2D eigenvalue weighted by Gasteiger charge is 2.54. The van der Waals surface area contributed by atoms with Gasteiger partial charge in [0.25, 0.3) is 0 Å². The molecule has 1 amide bonds. The lowest BCUT2D eigenvalue weighted by Gasteiger charge is -2.48. The van der Waals surface area contributed by atoms with Crippen molar-refractivity contribution in [2.24, 2.45) is 17.3 Å². The minimum atomic E-state index is -0.535. The van der Waals surface area contributed by atoms with Crippen molar-refractivity contribution in [3.8, 4) is 0 Å². The summed E-state index contributed by atoms with van der Waals surface area (Å²) in [6.07, 6.45) is 6.21. The summed E-state index contributed by atoms with van der Waals surface area (Å²) in [5.74, 6) is 1.62. The van der Waals surface area contributed by atoms with Crippen LogP contribution in [-0.2, 0) is 25.5 Å². The number of ketones is 1. The van der Waals surface area contributed by atoms with Crippen LogP contribution in [0.2, 0.25) is 0 Å². The van der Waals surface area contributed by atoms with Gasteiger partial charge in [-0.2, -0.15) is 0 Å². The van der Waals surface area contributed by atoms with Crippen molar-refractivity contribution in [3.05, 3.63) is 29.3 Å². The minimum absolute atomic E-state index is 0.0800. The molecule has 5 nitrogen and oxygen atoms in total. The van der Waals surface area contributed by atoms with Crippen LogP contribution in [0.5, 0.6) is 0 Å². The third kappa shape index (κ3) is 4.42. The fourth-order valence-corrected chi connectivity index (χ4v) is 6.26. The Hall–Kier alpha value is -2.17. The van der Waals surface area contributed by atoms with Crippen LogP contribution in [0, 0.1) is 17.3 Å². The van der Waals surface area contributed by atoms with E-state index in [0.29, 0.717) is 23.5 Å². The third-order valence-corrected chi connectivity index (χ3v) is 7.70. The van der Waals surface area contributed by atoms with Crippen molar-refractivity contribution in [1.82, 2.24) is 0 Å². The maximum absolute atomic E-state index is 12.5. The molecule has 1 aromatic rings. The van der Waals surface area contributed by atoms with E-state index in [1.54, 1.807) is 0 Å². The van der Waals surface area contributed by atoms with Crippen molar-refractivity contribution in [3.63, 3.8) is 0 Å². The Morgan fingerprint density at radius 3 is 2.65 bits per heavy atom. The highest BCUT2D eigenvalue weighted by Crippen LogP contribution is 2.59. The molecular weight excluding hydrogens is 390 g/mol. The van der Waals surface area contributed by atoms with Crippen molar-refractivity contribution >= 4 is 23.3 Å². The van der Waals surface area contributed by atoms with Gasteiger partial charge >= 0.3 is 5.97 Å². The molecule has 0 aliphatic heterocycles. The topological polar surface area (TPSA) is 72.5 Å². The van der Waals surface area contributed by atoms with Gasteiger partial charge in [-0.1, -0.05) is 13.0 Å². The number of fused-ring (bicyclic) bond motifs is 5. The van der Waals surface area contributed by atoms with Gasteiger partial charge in [0.15, 0.2) is 0 Å². The molecule has 1 aromatic carbocycles. The normalized spacial score (nSPS) is 29.5. The Labute approximate surface area is 185 Å². The average molecular weight is 426 g/mol. The molecular formula is C26H35NO4. The number of rotatable bonds is 4. The lowest BCUT2D eigenvalue weighted by molar-refractivity contribution is -0.155. The summed E-state index contributed by atoms with van der Waals surface area (Å²) < 4.78 is 5.27. The first kappa shape index (κ1) is 22.0. The molecule has 5 heteroatoms. The quantitative estimate of drug-likeness (QED) is 0.675. The molecule has 168 valence electrons. The number of carbonyl (C=O) groups excluding carboxylic acids is 3. The SMILES string of the molecule is CC(C)(C)OC(=O)CCC(=O)Nc1ccc2c(c1)CC[C@@H]1[C@@H]2CC[C@]2(C)C(=O)CC[C@@H]12. The standard InChI is InChI=1S/C26H35NO4/c1-25(2,3)31-24(30)12-11-23(29)27-17-6-8-18-16(15-17)5-7-20-19(18)13-14-26(4)21(20)9-10-22(26)28/h6,8,15,19-21H,5,7,9-14H2,1-4H3,(H,27,29)/t19-,20-,21+,26+/m1/s1. The molecule has 2 saturated carbocycles. The van der Waals surface area contributed by atoms with Gasteiger partial charge in [0, 0.05) is 23.9 Å². The summed E-state index contributed by atoms with van der Waals surface area (Å²) in [4.78, 5) is 36.7. The molecule has 4 rings (SSSR count). The summed E-state index contributed by atoms with van der Waals surface area (Å²) in [7, 11) is 0. The lowest BCUT2D eigenvalue weighted by atomic mass is 9.55. The van der Waals surface area contributed by atoms with Crippen LogP contribution in [0.1, 0.15) is 89.7 Å². The smallest absolute Gasteiger partial charge is 0.306 e. The second-order valence-electron chi connectivity index (χ2n) is 10.9. The van der Waals surface area contributed by atoms with Crippen LogP contribution in [0.25, 0.3) is 0 Å². The molecule has 0 heterocycles. The van der Waals surface area contributed by atoms with Gasteiger partial charge < -0.3 is 10.1 Å². The number of esters is 1. The fourth-order valence-electron chi connectivity index (χ4n) is 6.26. The molecule has 0 bridgehead atoms. The number of Topliss-reactive ketones (excluding diaryl/α,β-unsaturated/α-hetero) is 1. The second kappa shape index (κ2) is 8.07. The number of benzene rings is 1. The molecule has 4 atom stereocenters. The summed E-state index contributed by atoms with van der Waals surface area (Å²) in [5.41, 5.74) is 2.89. The zero-order valence-corrected chi connectivity index (χ0v) is 19.3. The molecule has 0 aromatic heterocycles. The number of aryl methyl sites for hydroxylation is 1. The van der Waals surface area contributed by atoms with Crippen LogP contribution in [-0.4, -0.2) is 23.3 Å². The summed E-state index contributed by atoms with van der Waals surface area (Å²) in [5, 5.41) is 2.94. The average Bonchev–Trinajstić information content (AvgIpc) is 2.99. The van der Waals surface area contributed by atoms with Gasteiger partial charge in [0.05, 0.1) is 6.42 Å². The third-order valence-electron chi connectivity index (χ3n) is 7.70.